The molecule has 0 radical (unpaired) electrons. The number of para-hydroxylation sites is 1. The number of aromatic nitrogens is 2. The van der Waals surface area contributed by atoms with E-state index in [2.05, 4.69) is 9.97 Å². The Balaban J connectivity index is 1.64. The number of fused-ring (bicyclic) bond motifs is 1. The van der Waals surface area contributed by atoms with Gasteiger partial charge in [0.1, 0.15) is 17.3 Å². The Morgan fingerprint density at radius 3 is 2.20 bits per heavy atom. The standard InChI is InChI=1S/C20H13ClN2O2/c21-14-7-11-16(12-8-14)25-15-9-5-13(6-10-15)19-22-18-4-2-1-3-17(18)20(24)23-19/h1-12H,(H,22,23,24). The van der Waals surface area contributed by atoms with Crippen LogP contribution in [0.5, 0.6) is 11.5 Å². The number of hydrogen-bond donors (Lipinski definition) is 1. The summed E-state index contributed by atoms with van der Waals surface area (Å²) in [7, 11) is 0. The van der Waals surface area contributed by atoms with Crippen molar-refractivity contribution in [1.82, 2.24) is 9.97 Å². The molecule has 5 heteroatoms. The van der Waals surface area contributed by atoms with E-state index in [-0.39, 0.29) is 5.56 Å². The van der Waals surface area contributed by atoms with E-state index >= 15 is 0 Å². The van der Waals surface area contributed by atoms with Gasteiger partial charge in [-0.05, 0) is 60.7 Å². The summed E-state index contributed by atoms with van der Waals surface area (Å²) in [6.07, 6.45) is 0. The molecule has 3 aromatic carbocycles. The lowest BCUT2D eigenvalue weighted by Gasteiger charge is -2.07. The maximum atomic E-state index is 12.2. The van der Waals surface area contributed by atoms with Crippen LogP contribution < -0.4 is 10.3 Å². The van der Waals surface area contributed by atoms with Crippen LogP contribution in [0.25, 0.3) is 22.3 Å². The van der Waals surface area contributed by atoms with Crippen LogP contribution >= 0.6 is 11.6 Å². The molecule has 0 bridgehead atoms. The predicted octanol–water partition coefficient (Wildman–Crippen LogP) is 5.04. The highest BCUT2D eigenvalue weighted by Gasteiger charge is 2.06. The van der Waals surface area contributed by atoms with Gasteiger partial charge in [-0.15, -0.1) is 0 Å². The molecule has 1 aromatic heterocycles. The molecular weight excluding hydrogens is 336 g/mol. The number of halogens is 1. The van der Waals surface area contributed by atoms with Gasteiger partial charge in [0, 0.05) is 10.6 Å². The van der Waals surface area contributed by atoms with E-state index in [0.717, 1.165) is 5.56 Å². The quantitative estimate of drug-likeness (QED) is 0.564. The highest BCUT2D eigenvalue weighted by molar-refractivity contribution is 6.30. The first-order valence-electron chi connectivity index (χ1n) is 7.72. The van der Waals surface area contributed by atoms with Gasteiger partial charge in [-0.2, -0.15) is 0 Å². The van der Waals surface area contributed by atoms with E-state index in [9.17, 15) is 4.79 Å². The first-order chi connectivity index (χ1) is 12.2. The topological polar surface area (TPSA) is 55.0 Å². The van der Waals surface area contributed by atoms with E-state index in [4.69, 9.17) is 16.3 Å². The third-order valence-electron chi connectivity index (χ3n) is 3.79. The molecule has 4 nitrogen and oxygen atoms in total. The second-order valence-electron chi connectivity index (χ2n) is 5.51. The van der Waals surface area contributed by atoms with Crippen molar-refractivity contribution in [1.29, 1.82) is 0 Å². The van der Waals surface area contributed by atoms with Gasteiger partial charge in [-0.3, -0.25) is 4.79 Å². The van der Waals surface area contributed by atoms with Crippen LogP contribution in [0, 0.1) is 0 Å². The largest absolute Gasteiger partial charge is 0.457 e. The van der Waals surface area contributed by atoms with E-state index in [1.165, 1.54) is 0 Å². The minimum atomic E-state index is -0.151. The van der Waals surface area contributed by atoms with Crippen molar-refractivity contribution in [2.45, 2.75) is 0 Å². The van der Waals surface area contributed by atoms with E-state index in [0.29, 0.717) is 33.2 Å². The third-order valence-corrected chi connectivity index (χ3v) is 4.04. The fourth-order valence-electron chi connectivity index (χ4n) is 2.54. The molecule has 1 heterocycles. The Morgan fingerprint density at radius 2 is 1.48 bits per heavy atom. The van der Waals surface area contributed by atoms with Crippen molar-refractivity contribution in [2.75, 3.05) is 0 Å². The lowest BCUT2D eigenvalue weighted by molar-refractivity contribution is 0.483. The van der Waals surface area contributed by atoms with Crippen LogP contribution in [0.2, 0.25) is 5.02 Å². The van der Waals surface area contributed by atoms with Gasteiger partial charge < -0.3 is 9.72 Å². The Hall–Kier alpha value is -3.11. The summed E-state index contributed by atoms with van der Waals surface area (Å²) in [6.45, 7) is 0. The molecule has 0 aliphatic rings. The maximum Gasteiger partial charge on any atom is 0.259 e. The zero-order valence-electron chi connectivity index (χ0n) is 13.1. The fraction of sp³-hybridized carbons (Fsp3) is 0. The average Bonchev–Trinajstić information content (AvgIpc) is 2.64. The SMILES string of the molecule is O=c1[nH]c(-c2ccc(Oc3ccc(Cl)cc3)cc2)nc2ccccc12. The summed E-state index contributed by atoms with van der Waals surface area (Å²) in [6, 6.07) is 21.8. The molecule has 0 amide bonds. The van der Waals surface area contributed by atoms with Crippen LogP contribution in [0.15, 0.2) is 77.6 Å². The molecule has 25 heavy (non-hydrogen) atoms. The average molecular weight is 349 g/mol. The summed E-state index contributed by atoms with van der Waals surface area (Å²) in [5.41, 5.74) is 1.33. The monoisotopic (exact) mass is 348 g/mol. The fourth-order valence-corrected chi connectivity index (χ4v) is 2.67. The molecule has 0 saturated heterocycles. The van der Waals surface area contributed by atoms with Crippen molar-refractivity contribution < 1.29 is 4.74 Å². The molecule has 0 spiro atoms. The Morgan fingerprint density at radius 1 is 0.840 bits per heavy atom. The number of ether oxygens (including phenoxy) is 1. The lowest BCUT2D eigenvalue weighted by Crippen LogP contribution is -2.09. The molecule has 0 atom stereocenters. The Kier molecular flexibility index (Phi) is 3.96. The second kappa shape index (κ2) is 6.42. The van der Waals surface area contributed by atoms with Gasteiger partial charge >= 0.3 is 0 Å². The van der Waals surface area contributed by atoms with Gasteiger partial charge in [0.05, 0.1) is 10.9 Å². The van der Waals surface area contributed by atoms with Gasteiger partial charge in [-0.1, -0.05) is 23.7 Å². The third kappa shape index (κ3) is 3.25. The summed E-state index contributed by atoms with van der Waals surface area (Å²) >= 11 is 5.87. The Bertz CT molecular complexity index is 1090. The highest BCUT2D eigenvalue weighted by Crippen LogP contribution is 2.25. The van der Waals surface area contributed by atoms with E-state index in [1.807, 2.05) is 42.5 Å². The van der Waals surface area contributed by atoms with E-state index < -0.39 is 0 Å². The maximum absolute atomic E-state index is 12.2. The first-order valence-corrected chi connectivity index (χ1v) is 8.10. The van der Waals surface area contributed by atoms with Crippen LogP contribution in [0.3, 0.4) is 0 Å². The summed E-state index contributed by atoms with van der Waals surface area (Å²) in [4.78, 5) is 19.5. The van der Waals surface area contributed by atoms with Crippen LogP contribution in [-0.2, 0) is 0 Å². The molecule has 0 aliphatic heterocycles. The lowest BCUT2D eigenvalue weighted by atomic mass is 10.2. The molecule has 4 aromatic rings. The first kappa shape index (κ1) is 15.4. The number of H-pyrrole nitrogens is 1. The normalized spacial score (nSPS) is 10.8. The number of benzene rings is 3. The molecular formula is C20H13ClN2O2. The van der Waals surface area contributed by atoms with Gasteiger partial charge in [0.2, 0.25) is 0 Å². The number of rotatable bonds is 3. The van der Waals surface area contributed by atoms with Crippen molar-refractivity contribution >= 4 is 22.5 Å². The molecule has 4 rings (SSSR count). The number of aromatic amines is 1. The van der Waals surface area contributed by atoms with Crippen LogP contribution in [0.4, 0.5) is 0 Å². The number of nitrogens with zero attached hydrogens (tertiary/aromatic N) is 1. The summed E-state index contributed by atoms with van der Waals surface area (Å²) in [5, 5.41) is 1.24. The predicted molar refractivity (Wildman–Crippen MR) is 99.3 cm³/mol. The molecule has 0 fully saturated rings. The minimum absolute atomic E-state index is 0.151. The van der Waals surface area contributed by atoms with Gasteiger partial charge in [-0.25, -0.2) is 4.98 Å². The van der Waals surface area contributed by atoms with Crippen molar-refractivity contribution in [2.24, 2.45) is 0 Å². The minimum Gasteiger partial charge on any atom is -0.457 e. The summed E-state index contributed by atoms with van der Waals surface area (Å²) in [5.74, 6) is 1.92. The van der Waals surface area contributed by atoms with Gasteiger partial charge in [0.15, 0.2) is 0 Å². The zero-order valence-corrected chi connectivity index (χ0v) is 13.8. The molecule has 1 N–H and O–H groups in total. The Labute approximate surface area is 148 Å². The highest BCUT2D eigenvalue weighted by atomic mass is 35.5. The van der Waals surface area contributed by atoms with Crippen molar-refractivity contribution in [3.63, 3.8) is 0 Å². The van der Waals surface area contributed by atoms with Crippen LogP contribution in [0.1, 0.15) is 0 Å². The molecule has 0 saturated carbocycles. The zero-order chi connectivity index (χ0) is 17.2. The second-order valence-corrected chi connectivity index (χ2v) is 5.95. The number of nitrogens with one attached hydrogen (secondary N) is 1. The number of hydrogen-bond acceptors (Lipinski definition) is 3. The van der Waals surface area contributed by atoms with E-state index in [1.54, 1.807) is 30.3 Å². The van der Waals surface area contributed by atoms with Crippen molar-refractivity contribution in [3.05, 3.63) is 88.2 Å². The van der Waals surface area contributed by atoms with Crippen LogP contribution in [-0.4, -0.2) is 9.97 Å². The molecule has 122 valence electrons. The summed E-state index contributed by atoms with van der Waals surface area (Å²) < 4.78 is 5.77. The molecule has 0 aliphatic carbocycles. The smallest absolute Gasteiger partial charge is 0.259 e. The molecule has 0 unspecified atom stereocenters. The van der Waals surface area contributed by atoms with Gasteiger partial charge in [0.25, 0.3) is 5.56 Å². The van der Waals surface area contributed by atoms with Crippen molar-refractivity contribution in [3.8, 4) is 22.9 Å².